The minimum atomic E-state index is 0. The van der Waals surface area contributed by atoms with Gasteiger partial charge in [0, 0.05) is 63.0 Å². The lowest BCUT2D eigenvalue weighted by molar-refractivity contribution is -0.122. The van der Waals surface area contributed by atoms with E-state index in [0.29, 0.717) is 12.6 Å². The van der Waals surface area contributed by atoms with Gasteiger partial charge >= 0.3 is 0 Å². The van der Waals surface area contributed by atoms with Crippen LogP contribution < -0.4 is 10.6 Å². The maximum absolute atomic E-state index is 12.1. The molecule has 3 heterocycles. The van der Waals surface area contributed by atoms with Crippen molar-refractivity contribution >= 4 is 47.2 Å². The van der Waals surface area contributed by atoms with Gasteiger partial charge in [0.25, 0.3) is 0 Å². The zero-order valence-electron chi connectivity index (χ0n) is 17.8. The van der Waals surface area contributed by atoms with E-state index in [9.17, 15) is 4.79 Å². The van der Waals surface area contributed by atoms with Gasteiger partial charge in [0.05, 0.1) is 12.8 Å². The first-order chi connectivity index (χ1) is 14.8. The number of carbonyl (C=O) groups is 1. The Labute approximate surface area is 205 Å². The normalized spacial score (nSPS) is 17.3. The fourth-order valence-corrected chi connectivity index (χ4v) is 4.27. The summed E-state index contributed by atoms with van der Waals surface area (Å²) in [6, 6.07) is 8.60. The predicted molar refractivity (Wildman–Crippen MR) is 135 cm³/mol. The van der Waals surface area contributed by atoms with E-state index in [-0.39, 0.29) is 29.9 Å². The highest BCUT2D eigenvalue weighted by atomic mass is 127. The van der Waals surface area contributed by atoms with Crippen LogP contribution in [0.15, 0.2) is 45.3 Å². The molecule has 7 nitrogen and oxygen atoms in total. The van der Waals surface area contributed by atoms with Crippen LogP contribution in [0.5, 0.6) is 0 Å². The molecule has 1 saturated carbocycles. The molecule has 31 heavy (non-hydrogen) atoms. The first kappa shape index (κ1) is 24.1. The summed E-state index contributed by atoms with van der Waals surface area (Å²) in [6.07, 6.45) is 5.77. The summed E-state index contributed by atoms with van der Waals surface area (Å²) in [4.78, 5) is 22.9. The Kier molecular flexibility index (Phi) is 9.66. The van der Waals surface area contributed by atoms with Gasteiger partial charge in [0.15, 0.2) is 5.96 Å². The molecule has 2 aromatic heterocycles. The Bertz CT molecular complexity index is 800. The zero-order valence-corrected chi connectivity index (χ0v) is 20.9. The van der Waals surface area contributed by atoms with Gasteiger partial charge in [-0.2, -0.15) is 0 Å². The van der Waals surface area contributed by atoms with Gasteiger partial charge in [0.1, 0.15) is 5.76 Å². The largest absolute Gasteiger partial charge is 0.469 e. The standard InChI is InChI=1S/C22H31N5O2S.HI/c28-21(25-18-5-6-18)17-26-11-13-27(14-12-26)22(23-9-7-19-3-1-15-29-19)24-10-8-20-4-2-16-30-20;/h1-4,15-16,18H,5-14,17H2,(H,23,24)(H,25,28);1H. The molecule has 2 fully saturated rings. The van der Waals surface area contributed by atoms with Crippen molar-refractivity contribution in [1.29, 1.82) is 0 Å². The van der Waals surface area contributed by atoms with Crippen LogP contribution in [-0.2, 0) is 17.6 Å². The molecule has 170 valence electrons. The third-order valence-corrected chi connectivity index (χ3v) is 6.35. The molecule has 4 rings (SSSR count). The van der Waals surface area contributed by atoms with E-state index in [1.165, 1.54) is 4.88 Å². The number of nitrogens with one attached hydrogen (secondary N) is 2. The molecule has 0 bridgehead atoms. The van der Waals surface area contributed by atoms with Gasteiger partial charge in [-0.1, -0.05) is 6.07 Å². The highest BCUT2D eigenvalue weighted by Gasteiger charge is 2.26. The molecule has 9 heteroatoms. The molecule has 1 aliphatic heterocycles. The van der Waals surface area contributed by atoms with E-state index in [1.54, 1.807) is 17.6 Å². The van der Waals surface area contributed by atoms with Crippen molar-refractivity contribution in [3.63, 3.8) is 0 Å². The number of amides is 1. The number of hydrogen-bond acceptors (Lipinski definition) is 5. The average Bonchev–Trinajstić information content (AvgIpc) is 3.19. The maximum atomic E-state index is 12.1. The number of thiophene rings is 1. The van der Waals surface area contributed by atoms with E-state index < -0.39 is 0 Å². The smallest absolute Gasteiger partial charge is 0.234 e. The van der Waals surface area contributed by atoms with Gasteiger partial charge in [-0.05, 0) is 36.4 Å². The fraction of sp³-hybridized carbons (Fsp3) is 0.545. The summed E-state index contributed by atoms with van der Waals surface area (Å²) in [6.45, 7) is 5.57. The van der Waals surface area contributed by atoms with Crippen molar-refractivity contribution in [2.45, 2.75) is 31.7 Å². The minimum absolute atomic E-state index is 0. The maximum Gasteiger partial charge on any atom is 0.234 e. The number of piperazine rings is 1. The monoisotopic (exact) mass is 557 g/mol. The Morgan fingerprint density at radius 1 is 1.16 bits per heavy atom. The molecule has 2 aliphatic rings. The van der Waals surface area contributed by atoms with Crippen LogP contribution >= 0.6 is 35.3 Å². The van der Waals surface area contributed by atoms with Crippen molar-refractivity contribution in [1.82, 2.24) is 20.4 Å². The van der Waals surface area contributed by atoms with Crippen LogP contribution in [0.1, 0.15) is 23.5 Å². The summed E-state index contributed by atoms with van der Waals surface area (Å²) in [5.41, 5.74) is 0. The van der Waals surface area contributed by atoms with E-state index in [0.717, 1.165) is 76.7 Å². The van der Waals surface area contributed by atoms with E-state index in [2.05, 4.69) is 37.9 Å². The number of guanidine groups is 1. The van der Waals surface area contributed by atoms with Gasteiger partial charge < -0.3 is 20.0 Å². The van der Waals surface area contributed by atoms with Crippen molar-refractivity contribution in [3.05, 3.63) is 46.5 Å². The van der Waals surface area contributed by atoms with Crippen LogP contribution in [0.4, 0.5) is 0 Å². The molecule has 0 aromatic carbocycles. The molecule has 2 aromatic rings. The van der Waals surface area contributed by atoms with Crippen molar-refractivity contribution in [3.8, 4) is 0 Å². The second-order valence-corrected chi connectivity index (χ2v) is 8.93. The first-order valence-corrected chi connectivity index (χ1v) is 11.7. The van der Waals surface area contributed by atoms with Crippen LogP contribution in [0.25, 0.3) is 0 Å². The molecule has 0 unspecified atom stereocenters. The second-order valence-electron chi connectivity index (χ2n) is 7.90. The van der Waals surface area contributed by atoms with Crippen molar-refractivity contribution in [2.24, 2.45) is 4.99 Å². The fourth-order valence-electron chi connectivity index (χ4n) is 3.57. The molecule has 0 atom stereocenters. The summed E-state index contributed by atoms with van der Waals surface area (Å²) < 4.78 is 5.44. The van der Waals surface area contributed by atoms with E-state index in [1.807, 2.05) is 12.1 Å². The van der Waals surface area contributed by atoms with Crippen LogP contribution in [0.2, 0.25) is 0 Å². The summed E-state index contributed by atoms with van der Waals surface area (Å²) in [5, 5.41) is 8.71. The molecule has 0 spiro atoms. The topological polar surface area (TPSA) is 73.1 Å². The van der Waals surface area contributed by atoms with Crippen LogP contribution in [-0.4, -0.2) is 73.5 Å². The highest BCUT2D eigenvalue weighted by molar-refractivity contribution is 14.0. The van der Waals surface area contributed by atoms with Gasteiger partial charge in [0.2, 0.25) is 5.91 Å². The van der Waals surface area contributed by atoms with Crippen molar-refractivity contribution < 1.29 is 9.21 Å². The molecule has 0 radical (unpaired) electrons. The average molecular weight is 558 g/mol. The molecule has 1 saturated heterocycles. The minimum Gasteiger partial charge on any atom is -0.469 e. The third kappa shape index (κ3) is 8.12. The molecule has 1 aliphatic carbocycles. The van der Waals surface area contributed by atoms with E-state index in [4.69, 9.17) is 9.41 Å². The predicted octanol–water partition coefficient (Wildman–Crippen LogP) is 2.59. The number of carbonyl (C=O) groups excluding carboxylic acids is 1. The number of rotatable bonds is 9. The van der Waals surface area contributed by atoms with Crippen LogP contribution in [0, 0.1) is 0 Å². The Balaban J connectivity index is 0.00000272. The Morgan fingerprint density at radius 2 is 2.00 bits per heavy atom. The Morgan fingerprint density at radius 3 is 2.68 bits per heavy atom. The summed E-state index contributed by atoms with van der Waals surface area (Å²) in [7, 11) is 0. The van der Waals surface area contributed by atoms with Gasteiger partial charge in [-0.3, -0.25) is 14.7 Å². The summed E-state index contributed by atoms with van der Waals surface area (Å²) in [5.74, 6) is 2.10. The SMILES string of the molecule is I.O=C(CN1CCN(C(=NCCc2cccs2)NCCc2ccco2)CC1)NC1CC1. The quantitative estimate of drug-likeness (QED) is 0.282. The molecular formula is C22H32IN5O2S. The lowest BCUT2D eigenvalue weighted by atomic mass is 10.3. The number of nitrogens with zero attached hydrogens (tertiary/aromatic N) is 3. The second kappa shape index (κ2) is 12.4. The van der Waals surface area contributed by atoms with Gasteiger partial charge in [-0.25, -0.2) is 0 Å². The number of halogens is 1. The van der Waals surface area contributed by atoms with E-state index >= 15 is 0 Å². The lowest BCUT2D eigenvalue weighted by Gasteiger charge is -2.36. The summed E-state index contributed by atoms with van der Waals surface area (Å²) >= 11 is 1.78. The lowest BCUT2D eigenvalue weighted by Crippen LogP contribution is -2.54. The number of hydrogen-bond donors (Lipinski definition) is 2. The molecular weight excluding hydrogens is 525 g/mol. The number of aliphatic imine (C=N–C) groups is 1. The zero-order chi connectivity index (χ0) is 20.6. The highest BCUT2D eigenvalue weighted by Crippen LogP contribution is 2.18. The molecule has 2 N–H and O–H groups in total. The van der Waals surface area contributed by atoms with Crippen LogP contribution in [0.3, 0.4) is 0 Å². The molecule has 1 amide bonds. The van der Waals surface area contributed by atoms with Crippen molar-refractivity contribution in [2.75, 3.05) is 45.8 Å². The first-order valence-electron chi connectivity index (χ1n) is 10.9. The van der Waals surface area contributed by atoms with Gasteiger partial charge in [-0.15, -0.1) is 35.3 Å². The third-order valence-electron chi connectivity index (χ3n) is 5.42. The Hall–Kier alpha value is -1.59. The number of furan rings is 1.